The van der Waals surface area contributed by atoms with E-state index in [0.717, 1.165) is 38.0 Å². The maximum absolute atomic E-state index is 5.20. The van der Waals surface area contributed by atoms with E-state index in [-0.39, 0.29) is 24.0 Å². The Balaban J connectivity index is 0.00000312. The second-order valence-electron chi connectivity index (χ2n) is 5.87. The average Bonchev–Trinajstić information content (AvgIpc) is 3.07. The Morgan fingerprint density at radius 1 is 1.32 bits per heavy atom. The minimum Gasteiger partial charge on any atom is -0.383 e. The van der Waals surface area contributed by atoms with E-state index < -0.39 is 0 Å². The van der Waals surface area contributed by atoms with Gasteiger partial charge >= 0.3 is 0 Å². The number of likely N-dealkylation sites (tertiary alicyclic amines) is 1. The lowest BCUT2D eigenvalue weighted by atomic mass is 10.2. The maximum Gasteiger partial charge on any atom is 0.191 e. The van der Waals surface area contributed by atoms with Crippen molar-refractivity contribution in [1.82, 2.24) is 15.5 Å². The van der Waals surface area contributed by atoms with Crippen molar-refractivity contribution in [2.45, 2.75) is 23.8 Å². The van der Waals surface area contributed by atoms with Crippen LogP contribution in [-0.4, -0.2) is 69.6 Å². The summed E-state index contributed by atoms with van der Waals surface area (Å²) in [6.07, 6.45) is 2.52. The molecule has 1 saturated heterocycles. The van der Waals surface area contributed by atoms with Crippen molar-refractivity contribution in [2.24, 2.45) is 4.99 Å². The molecule has 0 aliphatic carbocycles. The molecule has 1 atom stereocenters. The van der Waals surface area contributed by atoms with Crippen LogP contribution < -0.4 is 10.6 Å². The van der Waals surface area contributed by atoms with Crippen LogP contribution in [-0.2, 0) is 4.74 Å². The predicted molar refractivity (Wildman–Crippen MR) is 118 cm³/mol. The van der Waals surface area contributed by atoms with Crippen molar-refractivity contribution in [2.75, 3.05) is 52.7 Å². The predicted octanol–water partition coefficient (Wildman–Crippen LogP) is 2.67. The van der Waals surface area contributed by atoms with E-state index in [2.05, 4.69) is 44.8 Å². The van der Waals surface area contributed by atoms with Crippen molar-refractivity contribution < 1.29 is 4.74 Å². The highest BCUT2D eigenvalue weighted by Crippen LogP contribution is 2.16. The van der Waals surface area contributed by atoms with Crippen LogP contribution in [0.15, 0.2) is 40.2 Å². The Morgan fingerprint density at radius 3 is 2.84 bits per heavy atom. The molecular formula is C18H31IN4OS. The molecule has 1 aliphatic heterocycles. The molecule has 5 nitrogen and oxygen atoms in total. The number of benzene rings is 1. The Bertz CT molecular complexity index is 489. The van der Waals surface area contributed by atoms with Gasteiger partial charge in [-0.15, -0.1) is 35.7 Å². The number of rotatable bonds is 9. The molecular weight excluding hydrogens is 447 g/mol. The van der Waals surface area contributed by atoms with Crippen LogP contribution in [0.1, 0.15) is 12.8 Å². The zero-order valence-corrected chi connectivity index (χ0v) is 18.4. The molecule has 1 heterocycles. The van der Waals surface area contributed by atoms with Gasteiger partial charge in [-0.05, 0) is 31.5 Å². The average molecular weight is 478 g/mol. The van der Waals surface area contributed by atoms with Crippen LogP contribution in [0.2, 0.25) is 0 Å². The largest absolute Gasteiger partial charge is 0.383 e. The first-order valence-electron chi connectivity index (χ1n) is 8.69. The first-order chi connectivity index (χ1) is 11.8. The molecule has 1 aromatic carbocycles. The number of halogens is 1. The van der Waals surface area contributed by atoms with E-state index in [1.54, 1.807) is 7.11 Å². The van der Waals surface area contributed by atoms with Gasteiger partial charge in [-0.2, -0.15) is 0 Å². The summed E-state index contributed by atoms with van der Waals surface area (Å²) in [6.45, 7) is 4.84. The standard InChI is InChI=1S/C18H30N4OS.HI/c1-19-18(20-10-14-24-17-8-4-3-5-9-17)21-15-16-7-6-11-22(16)12-13-23-2;/h3-5,8-9,16H,6-7,10-15H2,1-2H3,(H2,19,20,21);1H. The van der Waals surface area contributed by atoms with Crippen LogP contribution in [0.5, 0.6) is 0 Å². The molecule has 0 saturated carbocycles. The van der Waals surface area contributed by atoms with Gasteiger partial charge in [-0.1, -0.05) is 18.2 Å². The minimum absolute atomic E-state index is 0. The van der Waals surface area contributed by atoms with Crippen molar-refractivity contribution in [3.05, 3.63) is 30.3 Å². The van der Waals surface area contributed by atoms with Crippen LogP contribution >= 0.6 is 35.7 Å². The molecule has 7 heteroatoms. The van der Waals surface area contributed by atoms with Gasteiger partial charge < -0.3 is 15.4 Å². The monoisotopic (exact) mass is 478 g/mol. The van der Waals surface area contributed by atoms with Crippen molar-refractivity contribution >= 4 is 41.7 Å². The van der Waals surface area contributed by atoms with Crippen molar-refractivity contribution in [3.63, 3.8) is 0 Å². The number of nitrogens with zero attached hydrogens (tertiary/aromatic N) is 2. The van der Waals surface area contributed by atoms with E-state index in [0.29, 0.717) is 6.04 Å². The summed E-state index contributed by atoms with van der Waals surface area (Å²) in [4.78, 5) is 8.14. The third-order valence-electron chi connectivity index (χ3n) is 4.22. The highest BCUT2D eigenvalue weighted by molar-refractivity contribution is 14.0. The zero-order chi connectivity index (χ0) is 17.0. The second kappa shape index (κ2) is 13.7. The van der Waals surface area contributed by atoms with E-state index in [4.69, 9.17) is 4.74 Å². The number of aliphatic imine (C=N–C) groups is 1. The third-order valence-corrected chi connectivity index (χ3v) is 5.23. The topological polar surface area (TPSA) is 48.9 Å². The number of thioether (sulfide) groups is 1. The smallest absolute Gasteiger partial charge is 0.191 e. The molecule has 0 radical (unpaired) electrons. The summed E-state index contributed by atoms with van der Waals surface area (Å²) >= 11 is 1.86. The molecule has 1 unspecified atom stereocenters. The summed E-state index contributed by atoms with van der Waals surface area (Å²) in [5.41, 5.74) is 0. The van der Waals surface area contributed by atoms with Gasteiger partial charge in [0.05, 0.1) is 6.61 Å². The highest BCUT2D eigenvalue weighted by atomic mass is 127. The number of hydrogen-bond acceptors (Lipinski definition) is 4. The molecule has 1 aromatic rings. The minimum atomic E-state index is 0. The molecule has 2 N–H and O–H groups in total. The molecule has 2 rings (SSSR count). The third kappa shape index (κ3) is 8.61. The lowest BCUT2D eigenvalue weighted by Crippen LogP contribution is -2.45. The first kappa shape index (κ1) is 22.5. The van der Waals surface area contributed by atoms with Gasteiger partial charge in [0.25, 0.3) is 0 Å². The second-order valence-corrected chi connectivity index (χ2v) is 7.03. The van der Waals surface area contributed by atoms with Crippen LogP contribution in [0.4, 0.5) is 0 Å². The molecule has 1 fully saturated rings. The number of guanidine groups is 1. The van der Waals surface area contributed by atoms with Crippen LogP contribution in [0.3, 0.4) is 0 Å². The Labute approximate surface area is 173 Å². The SMILES string of the molecule is CN=C(NCCSc1ccccc1)NCC1CCCN1CCOC.I. The molecule has 142 valence electrons. The quantitative estimate of drug-likeness (QED) is 0.188. The lowest BCUT2D eigenvalue weighted by Gasteiger charge is -2.25. The van der Waals surface area contributed by atoms with Crippen molar-refractivity contribution in [3.8, 4) is 0 Å². The molecule has 1 aliphatic rings. The Morgan fingerprint density at radius 2 is 2.12 bits per heavy atom. The summed E-state index contributed by atoms with van der Waals surface area (Å²) in [5.74, 6) is 1.91. The van der Waals surface area contributed by atoms with Crippen LogP contribution in [0, 0.1) is 0 Å². The molecule has 0 spiro atoms. The number of methoxy groups -OCH3 is 1. The summed E-state index contributed by atoms with van der Waals surface area (Å²) in [6, 6.07) is 11.1. The Kier molecular flexibility index (Phi) is 12.3. The number of ether oxygens (including phenoxy) is 1. The number of nitrogens with one attached hydrogen (secondary N) is 2. The lowest BCUT2D eigenvalue weighted by molar-refractivity contribution is 0.141. The summed E-state index contributed by atoms with van der Waals surface area (Å²) in [5, 5.41) is 6.86. The van der Waals surface area contributed by atoms with Gasteiger partial charge in [0.15, 0.2) is 5.96 Å². The van der Waals surface area contributed by atoms with E-state index >= 15 is 0 Å². The highest BCUT2D eigenvalue weighted by Gasteiger charge is 2.23. The van der Waals surface area contributed by atoms with E-state index in [1.165, 1.54) is 24.3 Å². The van der Waals surface area contributed by atoms with Gasteiger partial charge in [0, 0.05) is 50.5 Å². The molecule has 0 amide bonds. The molecule has 25 heavy (non-hydrogen) atoms. The fraction of sp³-hybridized carbons (Fsp3) is 0.611. The van der Waals surface area contributed by atoms with Gasteiger partial charge in [0.1, 0.15) is 0 Å². The fourth-order valence-corrected chi connectivity index (χ4v) is 3.71. The normalized spacial score (nSPS) is 18.0. The first-order valence-corrected chi connectivity index (χ1v) is 9.67. The fourth-order valence-electron chi connectivity index (χ4n) is 2.92. The van der Waals surface area contributed by atoms with Gasteiger partial charge in [0.2, 0.25) is 0 Å². The summed E-state index contributed by atoms with van der Waals surface area (Å²) in [7, 11) is 3.60. The Hall–Kier alpha value is -0.510. The van der Waals surface area contributed by atoms with Gasteiger partial charge in [-0.3, -0.25) is 9.89 Å². The van der Waals surface area contributed by atoms with Gasteiger partial charge in [-0.25, -0.2) is 0 Å². The number of hydrogen-bond donors (Lipinski definition) is 2. The van der Waals surface area contributed by atoms with Crippen LogP contribution in [0.25, 0.3) is 0 Å². The van der Waals surface area contributed by atoms with E-state index in [9.17, 15) is 0 Å². The molecule has 0 aromatic heterocycles. The zero-order valence-electron chi connectivity index (χ0n) is 15.2. The molecule has 0 bridgehead atoms. The van der Waals surface area contributed by atoms with E-state index in [1.807, 2.05) is 24.9 Å². The van der Waals surface area contributed by atoms with Crippen molar-refractivity contribution in [1.29, 1.82) is 0 Å². The maximum atomic E-state index is 5.20. The summed E-state index contributed by atoms with van der Waals surface area (Å²) < 4.78 is 5.20.